The Morgan fingerprint density at radius 1 is 0.833 bits per heavy atom. The molecule has 9 N–H and O–H groups in total. The predicted molar refractivity (Wildman–Crippen MR) is 172 cm³/mol. The summed E-state index contributed by atoms with van der Waals surface area (Å²) in [6, 6.07) is 12.1. The zero-order chi connectivity index (χ0) is 27.4. The van der Waals surface area contributed by atoms with E-state index in [-0.39, 0.29) is 45.1 Å². The van der Waals surface area contributed by atoms with Gasteiger partial charge in [0.05, 0.1) is 5.69 Å². The Morgan fingerprint density at radius 3 is 2.00 bits per heavy atom. The number of nitrogens with zero attached hydrogens (tertiary/aromatic N) is 6. The van der Waals surface area contributed by atoms with Crippen molar-refractivity contribution in [3.63, 3.8) is 0 Å². The number of aryl methyl sites for hydroxylation is 1. The minimum absolute atomic E-state index is 0. The first kappa shape index (κ1) is 34.0. The fourth-order valence-corrected chi connectivity index (χ4v) is 4.75. The van der Waals surface area contributed by atoms with Crippen molar-refractivity contribution in [2.75, 3.05) is 59.7 Å². The molecule has 13 nitrogen and oxygen atoms in total. The number of piperazine rings is 1. The molecule has 2 saturated heterocycles. The number of amides is 2. The Labute approximate surface area is 255 Å². The van der Waals surface area contributed by atoms with Gasteiger partial charge in [0.15, 0.2) is 0 Å². The number of nitrogens with one attached hydrogen (secondary N) is 2. The van der Waals surface area contributed by atoms with Crippen LogP contribution in [0.3, 0.4) is 0 Å². The molecular weight excluding hydrogens is 560 g/mol. The maximum Gasteiger partial charge on any atom is 0.255 e. The summed E-state index contributed by atoms with van der Waals surface area (Å²) in [7, 11) is 0. The minimum atomic E-state index is -0.302. The number of benzene rings is 2. The Balaban J connectivity index is 0.00000370. The molecule has 5 rings (SSSR count). The summed E-state index contributed by atoms with van der Waals surface area (Å²) < 4.78 is 0. The lowest BCUT2D eigenvalue weighted by molar-refractivity contribution is -0.129. The van der Waals surface area contributed by atoms with Crippen molar-refractivity contribution in [3.8, 4) is 5.75 Å². The van der Waals surface area contributed by atoms with Crippen LogP contribution in [-0.4, -0.2) is 76.0 Å². The number of aromatic nitrogens is 3. The molecule has 2 aliphatic heterocycles. The molecule has 0 aliphatic carbocycles. The minimum Gasteiger partial charge on any atom is -0.506 e. The molecule has 232 valence electrons. The van der Waals surface area contributed by atoms with Gasteiger partial charge in [0.1, 0.15) is 5.75 Å². The number of piperidine rings is 1. The van der Waals surface area contributed by atoms with E-state index >= 15 is 0 Å². The number of anilines is 5. The summed E-state index contributed by atoms with van der Waals surface area (Å²) in [6.07, 6.45) is 3.37. The van der Waals surface area contributed by atoms with E-state index in [1.54, 1.807) is 31.2 Å². The van der Waals surface area contributed by atoms with E-state index in [0.717, 1.165) is 31.5 Å². The highest BCUT2D eigenvalue weighted by atomic mass is 35.5. The van der Waals surface area contributed by atoms with Gasteiger partial charge in [-0.25, -0.2) is 0 Å². The van der Waals surface area contributed by atoms with E-state index in [4.69, 9.17) is 4.98 Å². The highest BCUT2D eigenvalue weighted by molar-refractivity contribution is 6.05. The number of phenolic OH excluding ortho intramolecular Hbond substituents is 1. The monoisotopic (exact) mass is 604 g/mol. The van der Waals surface area contributed by atoms with Crippen molar-refractivity contribution in [1.82, 2.24) is 32.2 Å². The topological polar surface area (TPSA) is 197 Å². The van der Waals surface area contributed by atoms with Gasteiger partial charge in [-0.2, -0.15) is 15.0 Å². The van der Waals surface area contributed by atoms with Gasteiger partial charge in [-0.1, -0.05) is 17.7 Å². The van der Waals surface area contributed by atoms with Gasteiger partial charge in [-0.3, -0.25) is 9.59 Å². The van der Waals surface area contributed by atoms with Crippen LogP contribution in [0.15, 0.2) is 42.5 Å². The molecule has 0 radical (unpaired) electrons. The van der Waals surface area contributed by atoms with Gasteiger partial charge in [-0.15, -0.1) is 12.4 Å². The number of rotatable bonds is 6. The highest BCUT2D eigenvalue weighted by Crippen LogP contribution is 2.29. The van der Waals surface area contributed by atoms with Crippen LogP contribution in [0.1, 0.15) is 45.0 Å². The third-order valence-electron chi connectivity index (χ3n) is 7.07. The number of phenols is 1. The zero-order valence-electron chi connectivity index (χ0n) is 24.2. The first-order chi connectivity index (χ1) is 18.9. The highest BCUT2D eigenvalue weighted by Gasteiger charge is 2.24. The molecule has 3 heterocycles. The molecule has 0 unspecified atom stereocenters. The van der Waals surface area contributed by atoms with Gasteiger partial charge in [-0.05, 0) is 50.5 Å². The van der Waals surface area contributed by atoms with Crippen molar-refractivity contribution in [3.05, 3.63) is 53.6 Å². The fourth-order valence-electron chi connectivity index (χ4n) is 4.75. The van der Waals surface area contributed by atoms with Crippen molar-refractivity contribution >= 4 is 53.4 Å². The summed E-state index contributed by atoms with van der Waals surface area (Å²) in [5, 5.41) is 16.6. The van der Waals surface area contributed by atoms with Gasteiger partial charge in [0, 0.05) is 66.4 Å². The normalized spacial score (nSPS) is 14.6. The molecule has 42 heavy (non-hydrogen) atoms. The third-order valence-corrected chi connectivity index (χ3v) is 7.07. The van der Waals surface area contributed by atoms with E-state index in [2.05, 4.69) is 30.4 Å². The van der Waals surface area contributed by atoms with Crippen LogP contribution in [-0.2, 0) is 4.79 Å². The van der Waals surface area contributed by atoms with Crippen molar-refractivity contribution in [2.24, 2.45) is 0 Å². The Morgan fingerprint density at radius 2 is 1.43 bits per heavy atom. The second-order valence-corrected chi connectivity index (χ2v) is 9.98. The van der Waals surface area contributed by atoms with Crippen LogP contribution >= 0.6 is 12.4 Å². The van der Waals surface area contributed by atoms with E-state index in [1.165, 1.54) is 12.5 Å². The lowest BCUT2D eigenvalue weighted by Gasteiger charge is -2.35. The van der Waals surface area contributed by atoms with E-state index < -0.39 is 0 Å². The molecule has 0 spiro atoms. The number of carbonyl (C=O) groups excluding carboxylic acids is 2. The molecule has 2 aliphatic rings. The van der Waals surface area contributed by atoms with Crippen LogP contribution in [0, 0.1) is 6.92 Å². The maximum absolute atomic E-state index is 12.6. The van der Waals surface area contributed by atoms with Crippen LogP contribution in [0.5, 0.6) is 5.75 Å². The second kappa shape index (κ2) is 15.1. The Hall–Kier alpha value is -4.20. The molecule has 2 fully saturated rings. The van der Waals surface area contributed by atoms with Crippen LogP contribution in [0.25, 0.3) is 0 Å². The van der Waals surface area contributed by atoms with Gasteiger partial charge in [0.2, 0.25) is 23.8 Å². The number of carbonyl (C=O) groups is 2. The van der Waals surface area contributed by atoms with Crippen LogP contribution in [0.2, 0.25) is 0 Å². The molecule has 14 heteroatoms. The van der Waals surface area contributed by atoms with Crippen LogP contribution < -0.4 is 32.7 Å². The van der Waals surface area contributed by atoms with Crippen molar-refractivity contribution in [1.29, 1.82) is 0 Å². The van der Waals surface area contributed by atoms with Gasteiger partial charge >= 0.3 is 0 Å². The second-order valence-electron chi connectivity index (χ2n) is 9.98. The predicted octanol–water partition coefficient (Wildman–Crippen LogP) is 4.78. The van der Waals surface area contributed by atoms with Crippen molar-refractivity contribution < 1.29 is 17.5 Å². The molecule has 3 aromatic rings. The SMILES string of the molecule is CC(=O)N1CCN(c2nc(Nc3ccc(NC(=O)c4ccc(C)cc4)c(O)c3)nc(N3CCCCC3)n2)CC1.Cl.N.N.[HH].[HH]. The summed E-state index contributed by atoms with van der Waals surface area (Å²) in [5.74, 6) is 1.23. The fraction of sp³-hybridized carbons (Fsp3) is 0.393. The van der Waals surface area contributed by atoms with Crippen LogP contribution in [0.4, 0.5) is 29.2 Å². The number of hydrogen-bond donors (Lipinski definition) is 5. The quantitative estimate of drug-likeness (QED) is 0.243. The largest absolute Gasteiger partial charge is 0.506 e. The zero-order valence-corrected chi connectivity index (χ0v) is 25.0. The number of aromatic hydroxyl groups is 1. The molecule has 0 atom stereocenters. The first-order valence-electron chi connectivity index (χ1n) is 13.4. The Kier molecular flexibility index (Phi) is 12.3. The van der Waals surface area contributed by atoms with E-state index in [1.807, 2.05) is 24.0 Å². The number of halogens is 1. The van der Waals surface area contributed by atoms with Crippen molar-refractivity contribution in [2.45, 2.75) is 33.1 Å². The summed E-state index contributed by atoms with van der Waals surface area (Å²) >= 11 is 0. The van der Waals surface area contributed by atoms with Gasteiger partial charge in [0.25, 0.3) is 5.91 Å². The standard InChI is InChI=1S/C28H34N8O3.ClH.2H3N.2H2/c1-19-6-8-21(9-7-19)25(39)30-23-11-10-22(18-24(23)38)29-26-31-27(35-12-4-3-5-13-35)33-28(32-26)36-16-14-34(15-17-36)20(2)37;;;;;/h6-11,18,38H,3-5,12-17H2,1-2H3,(H,30,39)(H,29,31,32,33);1H;2*1H3;2*1H. The average Bonchev–Trinajstić information content (AvgIpc) is 2.95. The third kappa shape index (κ3) is 8.18. The lowest BCUT2D eigenvalue weighted by atomic mass is 10.1. The summed E-state index contributed by atoms with van der Waals surface area (Å²) in [6.45, 7) is 7.83. The number of hydrogen-bond acceptors (Lipinski definition) is 11. The molecule has 2 amide bonds. The average molecular weight is 605 g/mol. The molecule has 0 saturated carbocycles. The summed E-state index contributed by atoms with van der Waals surface area (Å²) in [4.78, 5) is 44.6. The van der Waals surface area contributed by atoms with Gasteiger partial charge < -0.3 is 42.7 Å². The first-order valence-corrected chi connectivity index (χ1v) is 13.4. The van der Waals surface area contributed by atoms with E-state index in [0.29, 0.717) is 61.0 Å². The molecule has 0 bridgehead atoms. The lowest BCUT2D eigenvalue weighted by Crippen LogP contribution is -2.48. The maximum atomic E-state index is 12.6. The van der Waals surface area contributed by atoms with E-state index in [9.17, 15) is 14.7 Å². The molecule has 2 aromatic carbocycles. The molecule has 1 aromatic heterocycles. The smallest absolute Gasteiger partial charge is 0.255 e. The summed E-state index contributed by atoms with van der Waals surface area (Å²) in [5.41, 5.74) is 2.45. The Bertz CT molecular complexity index is 1360. The molecular formula is C28H45ClN10O3.